The number of carboxylic acid groups (broad SMARTS) is 1. The molecule has 0 spiro atoms. The van der Waals surface area contributed by atoms with Gasteiger partial charge in [0.1, 0.15) is 11.6 Å². The number of benzene rings is 1. The molecule has 29 heavy (non-hydrogen) atoms. The summed E-state index contributed by atoms with van der Waals surface area (Å²) in [6.07, 6.45) is 1.32. The second kappa shape index (κ2) is 8.76. The molecule has 3 N–H and O–H groups in total. The Bertz CT molecular complexity index is 897. The van der Waals surface area contributed by atoms with Crippen molar-refractivity contribution in [2.45, 2.75) is 45.8 Å². The Hall–Kier alpha value is -3.36. The summed E-state index contributed by atoms with van der Waals surface area (Å²) in [6, 6.07) is 6.16. The Balaban J connectivity index is 2.18. The number of ether oxygens (including phenoxy) is 1. The van der Waals surface area contributed by atoms with Gasteiger partial charge < -0.3 is 15.2 Å². The lowest BCUT2D eigenvalue weighted by Gasteiger charge is -2.19. The molecular weight excluding hydrogens is 376 g/mol. The lowest BCUT2D eigenvalue weighted by atomic mass is 10.0. The molecule has 0 fully saturated rings. The normalized spacial score (nSPS) is 12.2. The zero-order chi connectivity index (χ0) is 21.8. The second-order valence-corrected chi connectivity index (χ2v) is 7.68. The van der Waals surface area contributed by atoms with E-state index in [0.717, 1.165) is 11.1 Å². The van der Waals surface area contributed by atoms with Crippen molar-refractivity contribution in [1.29, 1.82) is 0 Å². The zero-order valence-electron chi connectivity index (χ0n) is 17.1. The molecule has 0 aliphatic rings. The van der Waals surface area contributed by atoms with Crippen molar-refractivity contribution < 1.29 is 24.2 Å². The molecule has 2 rings (SSSR count). The maximum absolute atomic E-state index is 12.1. The van der Waals surface area contributed by atoms with E-state index in [1.807, 2.05) is 0 Å². The van der Waals surface area contributed by atoms with Gasteiger partial charge in [0.25, 0.3) is 0 Å². The lowest BCUT2D eigenvalue weighted by molar-refractivity contribution is -0.141. The number of aryl methyl sites for hydroxylation is 1. The molecule has 156 valence electrons. The molecule has 0 saturated heterocycles. The number of carbonyl (C=O) groups is 3. The minimum Gasteiger partial charge on any atom is -0.480 e. The average molecular weight is 402 g/mol. The summed E-state index contributed by atoms with van der Waals surface area (Å²) in [5.41, 5.74) is 1.61. The fraction of sp³-hybridized carbons (Fsp3) is 0.400. The molecule has 1 atom stereocenters. The number of anilines is 1. The molecule has 0 radical (unpaired) electrons. The van der Waals surface area contributed by atoms with Gasteiger partial charge in [-0.2, -0.15) is 5.10 Å². The number of carboxylic acids is 1. The lowest BCUT2D eigenvalue weighted by Crippen LogP contribution is -2.41. The number of hydrogen-bond donors (Lipinski definition) is 3. The van der Waals surface area contributed by atoms with E-state index in [0.29, 0.717) is 11.4 Å². The van der Waals surface area contributed by atoms with E-state index in [4.69, 9.17) is 4.74 Å². The minimum atomic E-state index is -1.10. The maximum Gasteiger partial charge on any atom is 0.413 e. The predicted octanol–water partition coefficient (Wildman–Crippen LogP) is 2.57. The van der Waals surface area contributed by atoms with Crippen LogP contribution in [0.25, 0.3) is 11.1 Å². The number of aliphatic carboxylic acids is 1. The number of carbonyl (C=O) groups excluding carboxylic acids is 2. The van der Waals surface area contributed by atoms with E-state index >= 15 is 0 Å². The summed E-state index contributed by atoms with van der Waals surface area (Å²) >= 11 is 0. The van der Waals surface area contributed by atoms with Crippen LogP contribution in [0.3, 0.4) is 0 Å². The average Bonchev–Trinajstić information content (AvgIpc) is 2.92. The first kappa shape index (κ1) is 21.9. The number of hydrogen-bond acceptors (Lipinski definition) is 5. The van der Waals surface area contributed by atoms with Gasteiger partial charge in [0.05, 0.1) is 0 Å². The molecule has 1 aromatic heterocycles. The minimum absolute atomic E-state index is 0.158. The van der Waals surface area contributed by atoms with Crippen LogP contribution in [0.5, 0.6) is 0 Å². The molecule has 1 heterocycles. The Morgan fingerprint density at radius 2 is 1.83 bits per heavy atom. The largest absolute Gasteiger partial charge is 0.480 e. The van der Waals surface area contributed by atoms with Crippen molar-refractivity contribution >= 4 is 23.8 Å². The number of nitrogens with one attached hydrogen (secondary N) is 2. The summed E-state index contributed by atoms with van der Waals surface area (Å²) < 4.78 is 6.85. The molecule has 1 aromatic carbocycles. The monoisotopic (exact) mass is 402 g/mol. The first-order valence-corrected chi connectivity index (χ1v) is 9.07. The number of nitrogens with zero attached hydrogens (tertiary/aromatic N) is 2. The molecule has 2 amide bonds. The number of amides is 2. The Labute approximate surface area is 169 Å². The van der Waals surface area contributed by atoms with Gasteiger partial charge in [-0.1, -0.05) is 24.3 Å². The third-order valence-corrected chi connectivity index (χ3v) is 3.83. The fourth-order valence-corrected chi connectivity index (χ4v) is 2.69. The summed E-state index contributed by atoms with van der Waals surface area (Å²) in [5.74, 6) is -1.14. The van der Waals surface area contributed by atoms with Crippen LogP contribution in [0.2, 0.25) is 0 Å². The molecule has 1 unspecified atom stereocenters. The van der Waals surface area contributed by atoms with E-state index in [-0.39, 0.29) is 6.42 Å². The van der Waals surface area contributed by atoms with Crippen molar-refractivity contribution in [2.24, 2.45) is 7.05 Å². The summed E-state index contributed by atoms with van der Waals surface area (Å²) in [5, 5.41) is 18.6. The Kier molecular flexibility index (Phi) is 6.63. The second-order valence-electron chi connectivity index (χ2n) is 7.68. The fourth-order valence-electron chi connectivity index (χ4n) is 2.69. The predicted molar refractivity (Wildman–Crippen MR) is 107 cm³/mol. The molecular formula is C20H26N4O5. The molecule has 9 nitrogen and oxygen atoms in total. The summed E-state index contributed by atoms with van der Waals surface area (Å²) in [7, 11) is 1.74. The highest BCUT2D eigenvalue weighted by Gasteiger charge is 2.21. The highest BCUT2D eigenvalue weighted by Crippen LogP contribution is 2.27. The van der Waals surface area contributed by atoms with Crippen LogP contribution in [-0.2, 0) is 27.8 Å². The quantitative estimate of drug-likeness (QED) is 0.682. The highest BCUT2D eigenvalue weighted by atomic mass is 16.6. The van der Waals surface area contributed by atoms with Crippen molar-refractivity contribution in [3.05, 3.63) is 36.0 Å². The van der Waals surface area contributed by atoms with Gasteiger partial charge in [0.2, 0.25) is 5.91 Å². The van der Waals surface area contributed by atoms with E-state index in [1.165, 1.54) is 6.92 Å². The van der Waals surface area contributed by atoms with E-state index in [2.05, 4.69) is 15.7 Å². The topological polar surface area (TPSA) is 123 Å². The number of aromatic nitrogens is 2. The molecule has 0 saturated carbocycles. The van der Waals surface area contributed by atoms with Crippen LogP contribution in [0.1, 0.15) is 33.3 Å². The Morgan fingerprint density at radius 1 is 1.21 bits per heavy atom. The Morgan fingerprint density at radius 3 is 2.34 bits per heavy atom. The molecule has 0 aliphatic carbocycles. The van der Waals surface area contributed by atoms with Gasteiger partial charge in [-0.15, -0.1) is 0 Å². The zero-order valence-corrected chi connectivity index (χ0v) is 17.1. The van der Waals surface area contributed by atoms with Crippen LogP contribution in [0.15, 0.2) is 30.5 Å². The standard InChI is InChI=1S/C20H26N4O5/c1-12(25)21-16(18(26)27)10-13-6-8-14(9-7-13)15-11-24(5)23-17(15)22-19(28)29-20(2,3)4/h6-9,11,16H,10H2,1-5H3,(H,21,25)(H,26,27)(H,22,23,28). The highest BCUT2D eigenvalue weighted by molar-refractivity contribution is 5.89. The first-order chi connectivity index (χ1) is 13.4. The van der Waals surface area contributed by atoms with Gasteiger partial charge in [0.15, 0.2) is 5.82 Å². The van der Waals surface area contributed by atoms with Crippen LogP contribution in [-0.4, -0.2) is 44.5 Å². The van der Waals surface area contributed by atoms with Gasteiger partial charge >= 0.3 is 12.1 Å². The van der Waals surface area contributed by atoms with Crippen LogP contribution in [0, 0.1) is 0 Å². The third-order valence-electron chi connectivity index (χ3n) is 3.83. The van der Waals surface area contributed by atoms with E-state index in [1.54, 1.807) is 63.0 Å². The molecule has 0 bridgehead atoms. The molecule has 0 aliphatic heterocycles. The SMILES string of the molecule is CC(=O)NC(Cc1ccc(-c2cn(C)nc2NC(=O)OC(C)(C)C)cc1)C(=O)O. The first-order valence-electron chi connectivity index (χ1n) is 9.07. The third kappa shape index (κ3) is 6.63. The summed E-state index contributed by atoms with van der Waals surface area (Å²) in [4.78, 5) is 34.5. The van der Waals surface area contributed by atoms with E-state index in [9.17, 15) is 19.5 Å². The van der Waals surface area contributed by atoms with Gasteiger partial charge in [-0.25, -0.2) is 9.59 Å². The van der Waals surface area contributed by atoms with Gasteiger partial charge in [0, 0.05) is 32.2 Å². The number of rotatable bonds is 6. The maximum atomic E-state index is 12.1. The van der Waals surface area contributed by atoms with Crippen LogP contribution < -0.4 is 10.6 Å². The van der Waals surface area contributed by atoms with Gasteiger partial charge in [-0.3, -0.25) is 14.8 Å². The van der Waals surface area contributed by atoms with E-state index < -0.39 is 29.6 Å². The van der Waals surface area contributed by atoms with Crippen LogP contribution >= 0.6 is 0 Å². The molecule has 9 heteroatoms. The van der Waals surface area contributed by atoms with Crippen molar-refractivity contribution in [3.8, 4) is 11.1 Å². The van der Waals surface area contributed by atoms with Crippen molar-refractivity contribution in [3.63, 3.8) is 0 Å². The summed E-state index contributed by atoms with van der Waals surface area (Å²) in [6.45, 7) is 6.60. The van der Waals surface area contributed by atoms with Crippen molar-refractivity contribution in [1.82, 2.24) is 15.1 Å². The van der Waals surface area contributed by atoms with Crippen molar-refractivity contribution in [2.75, 3.05) is 5.32 Å². The smallest absolute Gasteiger partial charge is 0.413 e. The molecule has 2 aromatic rings. The van der Waals surface area contributed by atoms with Gasteiger partial charge in [-0.05, 0) is 31.9 Å². The van der Waals surface area contributed by atoms with Crippen LogP contribution in [0.4, 0.5) is 10.6 Å².